The number of aromatic nitrogens is 4. The average Bonchev–Trinajstić information content (AvgIpc) is 3.09. The van der Waals surface area contributed by atoms with Crippen LogP contribution in [-0.2, 0) is 4.79 Å². The summed E-state index contributed by atoms with van der Waals surface area (Å²) in [6.07, 6.45) is 4.48. The monoisotopic (exact) mass is 422 g/mol. The molecule has 0 unspecified atom stereocenters. The number of hydrogen-bond acceptors (Lipinski definition) is 6. The van der Waals surface area contributed by atoms with Crippen LogP contribution in [0, 0.1) is 6.92 Å². The van der Waals surface area contributed by atoms with Crippen molar-refractivity contribution >= 4 is 22.7 Å². The molecule has 2 N–H and O–H groups in total. The Balaban J connectivity index is 1.46. The number of carbonyl (C=O) groups is 2. The SMILES string of the molecule is Cc1nn(-c2ncc(C(=O)N[C@@H]3CCCN(C(=O)C(C)(C)O)C3)cn2)c2ccccc12. The van der Waals surface area contributed by atoms with E-state index in [4.69, 9.17) is 0 Å². The van der Waals surface area contributed by atoms with Gasteiger partial charge in [-0.3, -0.25) is 9.59 Å². The first-order valence-electron chi connectivity index (χ1n) is 10.3. The van der Waals surface area contributed by atoms with Crippen LogP contribution >= 0.6 is 0 Å². The van der Waals surface area contributed by atoms with Gasteiger partial charge in [0.25, 0.3) is 17.8 Å². The summed E-state index contributed by atoms with van der Waals surface area (Å²) in [4.78, 5) is 35.3. The number of carbonyl (C=O) groups excluding carboxylic acids is 2. The van der Waals surface area contributed by atoms with Crippen molar-refractivity contribution in [3.05, 3.63) is 47.9 Å². The summed E-state index contributed by atoms with van der Waals surface area (Å²) < 4.78 is 1.66. The van der Waals surface area contributed by atoms with E-state index in [-0.39, 0.29) is 17.9 Å². The van der Waals surface area contributed by atoms with E-state index < -0.39 is 5.60 Å². The van der Waals surface area contributed by atoms with Crippen LogP contribution in [-0.4, -0.2) is 66.3 Å². The number of nitrogens with zero attached hydrogens (tertiary/aromatic N) is 5. The van der Waals surface area contributed by atoms with Crippen LogP contribution in [0.15, 0.2) is 36.7 Å². The number of benzene rings is 1. The van der Waals surface area contributed by atoms with Gasteiger partial charge in [-0.1, -0.05) is 18.2 Å². The standard InChI is InChI=1S/C22H26N6O3/c1-14-17-8-4-5-9-18(17)28(26-14)21-23-11-15(12-24-21)19(29)25-16-7-6-10-27(13-16)20(30)22(2,3)31/h4-5,8-9,11-12,16,31H,6-7,10,13H2,1-3H3,(H,25,29)/t16-/m1/s1. The molecule has 1 aliphatic heterocycles. The van der Waals surface area contributed by atoms with Crippen LogP contribution in [0.1, 0.15) is 42.7 Å². The fraction of sp³-hybridized carbons (Fsp3) is 0.409. The Morgan fingerprint density at radius 2 is 1.90 bits per heavy atom. The van der Waals surface area contributed by atoms with Gasteiger partial charge >= 0.3 is 0 Å². The molecule has 9 nitrogen and oxygen atoms in total. The molecule has 162 valence electrons. The summed E-state index contributed by atoms with van der Waals surface area (Å²) >= 11 is 0. The van der Waals surface area contributed by atoms with E-state index in [0.29, 0.717) is 24.6 Å². The van der Waals surface area contributed by atoms with Gasteiger partial charge in [0, 0.05) is 36.9 Å². The van der Waals surface area contributed by atoms with Gasteiger partial charge in [0.05, 0.1) is 16.8 Å². The van der Waals surface area contributed by atoms with Gasteiger partial charge in [-0.15, -0.1) is 0 Å². The van der Waals surface area contributed by atoms with E-state index in [9.17, 15) is 14.7 Å². The number of rotatable bonds is 4. The summed E-state index contributed by atoms with van der Waals surface area (Å²) in [6, 6.07) is 7.63. The maximum absolute atomic E-state index is 12.7. The van der Waals surface area contributed by atoms with Crippen molar-refractivity contribution in [2.45, 2.75) is 45.3 Å². The Bertz CT molecular complexity index is 1120. The Kier molecular flexibility index (Phi) is 5.45. The van der Waals surface area contributed by atoms with Crippen molar-refractivity contribution in [2.75, 3.05) is 13.1 Å². The van der Waals surface area contributed by atoms with E-state index in [1.165, 1.54) is 26.2 Å². The van der Waals surface area contributed by atoms with E-state index in [1.807, 2.05) is 31.2 Å². The molecule has 31 heavy (non-hydrogen) atoms. The second-order valence-corrected chi connectivity index (χ2v) is 8.41. The van der Waals surface area contributed by atoms with Gasteiger partial charge in [-0.25, -0.2) is 9.97 Å². The normalized spacial score (nSPS) is 17.0. The summed E-state index contributed by atoms with van der Waals surface area (Å²) in [5, 5.41) is 18.4. The summed E-state index contributed by atoms with van der Waals surface area (Å²) in [6.45, 7) is 5.81. The zero-order valence-corrected chi connectivity index (χ0v) is 17.9. The molecule has 0 aliphatic carbocycles. The molecule has 3 heterocycles. The maximum atomic E-state index is 12.7. The van der Waals surface area contributed by atoms with Crippen molar-refractivity contribution in [3.8, 4) is 5.95 Å². The Morgan fingerprint density at radius 1 is 1.19 bits per heavy atom. The first kappa shape index (κ1) is 20.9. The largest absolute Gasteiger partial charge is 0.381 e. The Hall–Kier alpha value is -3.33. The Morgan fingerprint density at radius 3 is 2.61 bits per heavy atom. The number of aryl methyl sites for hydroxylation is 1. The zero-order chi connectivity index (χ0) is 22.2. The molecular formula is C22H26N6O3. The molecule has 0 radical (unpaired) electrons. The lowest BCUT2D eigenvalue weighted by Gasteiger charge is -2.36. The number of likely N-dealkylation sites (tertiary alicyclic amines) is 1. The predicted molar refractivity (Wildman–Crippen MR) is 115 cm³/mol. The summed E-state index contributed by atoms with van der Waals surface area (Å²) in [5.74, 6) is -0.239. The quantitative estimate of drug-likeness (QED) is 0.661. The summed E-state index contributed by atoms with van der Waals surface area (Å²) in [5.41, 5.74) is 0.687. The van der Waals surface area contributed by atoms with Crippen LogP contribution in [0.25, 0.3) is 16.9 Å². The zero-order valence-electron chi connectivity index (χ0n) is 17.9. The lowest BCUT2D eigenvalue weighted by atomic mass is 10.0. The fourth-order valence-corrected chi connectivity index (χ4v) is 3.86. The molecule has 1 atom stereocenters. The second-order valence-electron chi connectivity index (χ2n) is 8.41. The highest BCUT2D eigenvalue weighted by molar-refractivity contribution is 5.94. The number of hydrogen-bond donors (Lipinski definition) is 2. The number of amides is 2. The van der Waals surface area contributed by atoms with Crippen LogP contribution in [0.2, 0.25) is 0 Å². The molecule has 3 aromatic rings. The molecule has 2 aromatic heterocycles. The molecular weight excluding hydrogens is 396 g/mol. The van der Waals surface area contributed by atoms with E-state index in [2.05, 4.69) is 20.4 Å². The van der Waals surface area contributed by atoms with E-state index >= 15 is 0 Å². The van der Waals surface area contributed by atoms with Gasteiger partial charge in [0.2, 0.25) is 0 Å². The van der Waals surface area contributed by atoms with Gasteiger partial charge in [-0.05, 0) is 39.7 Å². The summed E-state index contributed by atoms with van der Waals surface area (Å²) in [7, 11) is 0. The molecule has 9 heteroatoms. The van der Waals surface area contributed by atoms with Crippen LogP contribution < -0.4 is 5.32 Å². The molecule has 1 saturated heterocycles. The number of fused-ring (bicyclic) bond motifs is 1. The minimum absolute atomic E-state index is 0.190. The number of nitrogens with one attached hydrogen (secondary N) is 1. The average molecular weight is 422 g/mol. The molecule has 1 aromatic carbocycles. The third-order valence-electron chi connectivity index (χ3n) is 5.43. The second kappa shape index (κ2) is 8.07. The van der Waals surface area contributed by atoms with E-state index in [1.54, 1.807) is 9.58 Å². The number of para-hydroxylation sites is 1. The molecule has 2 amide bonds. The minimum atomic E-state index is -1.43. The lowest BCUT2D eigenvalue weighted by Crippen LogP contribution is -2.54. The highest BCUT2D eigenvalue weighted by Gasteiger charge is 2.33. The predicted octanol–water partition coefficient (Wildman–Crippen LogP) is 1.62. The topological polar surface area (TPSA) is 113 Å². The highest BCUT2D eigenvalue weighted by Crippen LogP contribution is 2.20. The first-order chi connectivity index (χ1) is 14.7. The van der Waals surface area contributed by atoms with E-state index in [0.717, 1.165) is 29.4 Å². The van der Waals surface area contributed by atoms with Gasteiger partial charge < -0.3 is 15.3 Å². The van der Waals surface area contributed by atoms with Gasteiger partial charge in [-0.2, -0.15) is 9.78 Å². The number of piperidine rings is 1. The molecule has 1 fully saturated rings. The molecule has 1 aliphatic rings. The van der Waals surface area contributed by atoms with Crippen molar-refractivity contribution in [1.82, 2.24) is 30.0 Å². The molecule has 0 spiro atoms. The van der Waals surface area contributed by atoms with Crippen molar-refractivity contribution in [2.24, 2.45) is 0 Å². The minimum Gasteiger partial charge on any atom is -0.381 e. The smallest absolute Gasteiger partial charge is 0.254 e. The number of aliphatic hydroxyl groups is 1. The van der Waals surface area contributed by atoms with Gasteiger partial charge in [0.15, 0.2) is 0 Å². The Labute approximate surface area is 180 Å². The van der Waals surface area contributed by atoms with Crippen LogP contribution in [0.5, 0.6) is 0 Å². The lowest BCUT2D eigenvalue weighted by molar-refractivity contribution is -0.149. The third kappa shape index (κ3) is 4.27. The van der Waals surface area contributed by atoms with Crippen LogP contribution in [0.3, 0.4) is 0 Å². The molecule has 4 rings (SSSR count). The molecule has 0 saturated carbocycles. The van der Waals surface area contributed by atoms with Crippen molar-refractivity contribution < 1.29 is 14.7 Å². The third-order valence-corrected chi connectivity index (χ3v) is 5.43. The highest BCUT2D eigenvalue weighted by atomic mass is 16.3. The van der Waals surface area contributed by atoms with Crippen molar-refractivity contribution in [1.29, 1.82) is 0 Å². The fourth-order valence-electron chi connectivity index (χ4n) is 3.86. The molecule has 0 bridgehead atoms. The van der Waals surface area contributed by atoms with Crippen LogP contribution in [0.4, 0.5) is 0 Å². The van der Waals surface area contributed by atoms with Crippen molar-refractivity contribution in [3.63, 3.8) is 0 Å². The van der Waals surface area contributed by atoms with Gasteiger partial charge in [0.1, 0.15) is 5.60 Å². The maximum Gasteiger partial charge on any atom is 0.254 e. The first-order valence-corrected chi connectivity index (χ1v) is 10.3.